The molecule has 1 heterocycles. The van der Waals surface area contributed by atoms with Crippen molar-refractivity contribution in [2.45, 2.75) is 0 Å². The molecule has 22 heavy (non-hydrogen) atoms. The Bertz CT molecular complexity index is 880. The van der Waals surface area contributed by atoms with Crippen molar-refractivity contribution < 1.29 is 14.3 Å². The zero-order valence-electron chi connectivity index (χ0n) is 11.4. The Labute approximate surface area is 125 Å². The van der Waals surface area contributed by atoms with Crippen LogP contribution in [-0.2, 0) is 0 Å². The summed E-state index contributed by atoms with van der Waals surface area (Å²) in [6.45, 7) is 0. The average Bonchev–Trinajstić information content (AvgIpc) is 2.50. The normalized spacial score (nSPS) is 10.6. The van der Waals surface area contributed by atoms with Crippen molar-refractivity contribution in [2.75, 3.05) is 11.1 Å². The van der Waals surface area contributed by atoms with E-state index in [-0.39, 0.29) is 16.8 Å². The van der Waals surface area contributed by atoms with Gasteiger partial charge in [-0.25, -0.2) is 4.39 Å². The van der Waals surface area contributed by atoms with Gasteiger partial charge in [0, 0.05) is 29.0 Å². The number of anilines is 2. The van der Waals surface area contributed by atoms with Gasteiger partial charge in [0.1, 0.15) is 17.3 Å². The molecule has 2 aromatic carbocycles. The van der Waals surface area contributed by atoms with Crippen LogP contribution in [0.5, 0.6) is 5.75 Å². The van der Waals surface area contributed by atoms with Crippen molar-refractivity contribution in [1.29, 1.82) is 0 Å². The van der Waals surface area contributed by atoms with E-state index in [2.05, 4.69) is 10.3 Å². The molecule has 0 spiro atoms. The molecule has 4 N–H and O–H groups in total. The molecule has 3 rings (SSSR count). The van der Waals surface area contributed by atoms with Crippen molar-refractivity contribution >= 4 is 28.1 Å². The summed E-state index contributed by atoms with van der Waals surface area (Å²) in [6.07, 6.45) is 1.40. The van der Waals surface area contributed by atoms with E-state index in [1.54, 1.807) is 18.2 Å². The quantitative estimate of drug-likeness (QED) is 0.635. The summed E-state index contributed by atoms with van der Waals surface area (Å²) in [5.41, 5.74) is 6.49. The minimum Gasteiger partial charge on any atom is -0.508 e. The van der Waals surface area contributed by atoms with Crippen molar-refractivity contribution in [1.82, 2.24) is 4.98 Å². The molecule has 0 bridgehead atoms. The van der Waals surface area contributed by atoms with Crippen LogP contribution in [0.4, 0.5) is 15.8 Å². The molecule has 1 aromatic heterocycles. The number of hydrogen-bond donors (Lipinski definition) is 3. The van der Waals surface area contributed by atoms with E-state index < -0.39 is 11.7 Å². The molecule has 0 atom stereocenters. The Hall–Kier alpha value is -3.15. The molecular weight excluding hydrogens is 285 g/mol. The number of halogens is 1. The monoisotopic (exact) mass is 297 g/mol. The van der Waals surface area contributed by atoms with E-state index in [0.717, 1.165) is 0 Å². The highest BCUT2D eigenvalue weighted by Crippen LogP contribution is 2.26. The van der Waals surface area contributed by atoms with Crippen molar-refractivity contribution in [2.24, 2.45) is 0 Å². The number of carbonyl (C=O) groups excluding carboxylic acids is 1. The first-order chi connectivity index (χ1) is 10.6. The van der Waals surface area contributed by atoms with Gasteiger partial charge in [-0.1, -0.05) is 6.07 Å². The van der Waals surface area contributed by atoms with Gasteiger partial charge in [0.15, 0.2) is 0 Å². The molecular formula is C16H12FN3O2. The lowest BCUT2D eigenvalue weighted by Gasteiger charge is -2.09. The molecule has 0 saturated carbocycles. The van der Waals surface area contributed by atoms with Crippen LogP contribution in [0.2, 0.25) is 0 Å². The smallest absolute Gasteiger partial charge is 0.275 e. The lowest BCUT2D eigenvalue weighted by Crippen LogP contribution is -2.14. The maximum atomic E-state index is 14.1. The summed E-state index contributed by atoms with van der Waals surface area (Å²) in [4.78, 5) is 16.3. The number of nitrogens with one attached hydrogen (secondary N) is 1. The number of benzene rings is 2. The summed E-state index contributed by atoms with van der Waals surface area (Å²) in [5.74, 6) is -1.14. The number of phenols is 1. The van der Waals surface area contributed by atoms with Gasteiger partial charge in [0.2, 0.25) is 0 Å². The van der Waals surface area contributed by atoms with Crippen molar-refractivity contribution in [3.05, 3.63) is 60.2 Å². The van der Waals surface area contributed by atoms with Gasteiger partial charge in [-0.3, -0.25) is 9.78 Å². The van der Waals surface area contributed by atoms with Crippen LogP contribution >= 0.6 is 0 Å². The number of nitrogen functional groups attached to an aromatic ring is 1. The Kier molecular flexibility index (Phi) is 3.34. The Balaban J connectivity index is 2.06. The third kappa shape index (κ3) is 2.42. The standard InChI is InChI=1S/C16H12FN3O2/c17-12-4-5-13(18)11-6-7-19-15(14(11)12)16(22)20-9-2-1-3-10(21)8-9/h1-8,21H,18H2,(H,20,22). The Morgan fingerprint density at radius 1 is 1.23 bits per heavy atom. The predicted octanol–water partition coefficient (Wildman–Crippen LogP) is 2.91. The van der Waals surface area contributed by atoms with Crippen LogP contribution in [-0.4, -0.2) is 16.0 Å². The molecule has 0 saturated heterocycles. The molecule has 0 fully saturated rings. The number of pyridine rings is 1. The molecule has 0 aliphatic carbocycles. The summed E-state index contributed by atoms with van der Waals surface area (Å²) in [5, 5.41) is 12.5. The van der Waals surface area contributed by atoms with Gasteiger partial charge in [-0.2, -0.15) is 0 Å². The molecule has 110 valence electrons. The van der Waals surface area contributed by atoms with E-state index >= 15 is 0 Å². The van der Waals surface area contributed by atoms with Crippen LogP contribution in [0.25, 0.3) is 10.8 Å². The molecule has 5 nitrogen and oxygen atoms in total. The average molecular weight is 297 g/mol. The third-order valence-electron chi connectivity index (χ3n) is 3.23. The van der Waals surface area contributed by atoms with Crippen LogP contribution in [0.15, 0.2) is 48.7 Å². The highest BCUT2D eigenvalue weighted by atomic mass is 19.1. The van der Waals surface area contributed by atoms with Crippen LogP contribution in [0.3, 0.4) is 0 Å². The zero-order chi connectivity index (χ0) is 15.7. The number of aromatic nitrogens is 1. The maximum Gasteiger partial charge on any atom is 0.275 e. The number of fused-ring (bicyclic) bond motifs is 1. The van der Waals surface area contributed by atoms with E-state index in [0.29, 0.717) is 16.8 Å². The molecule has 3 aromatic rings. The Morgan fingerprint density at radius 2 is 2.05 bits per heavy atom. The lowest BCUT2D eigenvalue weighted by atomic mass is 10.1. The molecule has 0 unspecified atom stereocenters. The molecule has 0 aliphatic heterocycles. The summed E-state index contributed by atoms with van der Waals surface area (Å²) in [7, 11) is 0. The summed E-state index contributed by atoms with van der Waals surface area (Å²) >= 11 is 0. The number of nitrogens with zero attached hydrogens (tertiary/aromatic N) is 1. The minimum absolute atomic E-state index is 0.0131. The second kappa shape index (κ2) is 5.33. The molecule has 6 heteroatoms. The summed E-state index contributed by atoms with van der Waals surface area (Å²) < 4.78 is 14.1. The fourth-order valence-corrected chi connectivity index (χ4v) is 2.23. The first kappa shape index (κ1) is 13.8. The number of phenolic OH excluding ortho intramolecular Hbond substituents is 1. The van der Waals surface area contributed by atoms with Gasteiger partial charge < -0.3 is 16.2 Å². The fourth-order valence-electron chi connectivity index (χ4n) is 2.23. The van der Waals surface area contributed by atoms with Crippen LogP contribution < -0.4 is 11.1 Å². The summed E-state index contributed by atoms with van der Waals surface area (Å²) in [6, 6.07) is 10.2. The van der Waals surface area contributed by atoms with Gasteiger partial charge in [0.05, 0.1) is 5.39 Å². The van der Waals surface area contributed by atoms with Crippen LogP contribution in [0.1, 0.15) is 10.5 Å². The maximum absolute atomic E-state index is 14.1. The highest BCUT2D eigenvalue weighted by molar-refractivity contribution is 6.13. The topological polar surface area (TPSA) is 88.2 Å². The second-order valence-corrected chi connectivity index (χ2v) is 4.72. The fraction of sp³-hybridized carbons (Fsp3) is 0. The van der Waals surface area contributed by atoms with Gasteiger partial charge in [-0.05, 0) is 30.3 Å². The minimum atomic E-state index is -0.583. The predicted molar refractivity (Wildman–Crippen MR) is 82.2 cm³/mol. The number of hydrogen-bond acceptors (Lipinski definition) is 4. The first-order valence-corrected chi connectivity index (χ1v) is 6.49. The van der Waals surface area contributed by atoms with E-state index in [1.807, 2.05) is 0 Å². The molecule has 0 radical (unpaired) electrons. The lowest BCUT2D eigenvalue weighted by molar-refractivity contribution is 0.102. The number of aromatic hydroxyl groups is 1. The van der Waals surface area contributed by atoms with E-state index in [4.69, 9.17) is 5.73 Å². The molecule has 1 amide bonds. The third-order valence-corrected chi connectivity index (χ3v) is 3.23. The highest BCUT2D eigenvalue weighted by Gasteiger charge is 2.16. The molecule has 0 aliphatic rings. The largest absolute Gasteiger partial charge is 0.508 e. The van der Waals surface area contributed by atoms with Crippen molar-refractivity contribution in [3.8, 4) is 5.75 Å². The van der Waals surface area contributed by atoms with E-state index in [1.165, 1.54) is 30.5 Å². The number of amides is 1. The van der Waals surface area contributed by atoms with Gasteiger partial charge >= 0.3 is 0 Å². The van der Waals surface area contributed by atoms with Crippen molar-refractivity contribution in [3.63, 3.8) is 0 Å². The SMILES string of the molecule is Nc1ccc(F)c2c(C(=O)Nc3cccc(O)c3)nccc12. The number of carbonyl (C=O) groups is 1. The number of nitrogens with two attached hydrogens (primary N) is 1. The first-order valence-electron chi connectivity index (χ1n) is 6.49. The Morgan fingerprint density at radius 3 is 2.82 bits per heavy atom. The second-order valence-electron chi connectivity index (χ2n) is 4.72. The number of rotatable bonds is 2. The van der Waals surface area contributed by atoms with Crippen LogP contribution in [0, 0.1) is 5.82 Å². The van der Waals surface area contributed by atoms with Gasteiger partial charge in [-0.15, -0.1) is 0 Å². The van der Waals surface area contributed by atoms with Gasteiger partial charge in [0.25, 0.3) is 5.91 Å². The zero-order valence-corrected chi connectivity index (χ0v) is 11.4. The van der Waals surface area contributed by atoms with E-state index in [9.17, 15) is 14.3 Å².